The van der Waals surface area contributed by atoms with Crippen LogP contribution in [-0.4, -0.2) is 31.9 Å². The Labute approximate surface area is 128 Å². The summed E-state index contributed by atoms with van der Waals surface area (Å²) in [4.78, 5) is 16.2. The zero-order valence-corrected chi connectivity index (χ0v) is 12.3. The largest absolute Gasteiger partial charge is 0.351 e. The van der Waals surface area contributed by atoms with Crippen LogP contribution in [0.2, 0.25) is 0 Å². The summed E-state index contributed by atoms with van der Waals surface area (Å²) in [5.74, 6) is 0.687. The Morgan fingerprint density at radius 3 is 2.73 bits per heavy atom. The van der Waals surface area contributed by atoms with Crippen LogP contribution in [0.3, 0.4) is 0 Å². The number of rotatable bonds is 4. The molecule has 0 aromatic carbocycles. The SMILES string of the molecule is O=C(NC1CCC(n2cncn2)CC1)c1cc(C2CC2)no1. The Bertz CT molecular complexity index is 639. The van der Waals surface area contributed by atoms with Gasteiger partial charge in [0, 0.05) is 18.0 Å². The summed E-state index contributed by atoms with van der Waals surface area (Å²) in [6, 6.07) is 2.37. The summed E-state index contributed by atoms with van der Waals surface area (Å²) >= 11 is 0. The third-order valence-electron chi connectivity index (χ3n) is 4.59. The zero-order valence-electron chi connectivity index (χ0n) is 12.3. The topological polar surface area (TPSA) is 85.8 Å². The molecule has 4 rings (SSSR count). The van der Waals surface area contributed by atoms with Gasteiger partial charge in [-0.2, -0.15) is 5.10 Å². The van der Waals surface area contributed by atoms with E-state index < -0.39 is 0 Å². The van der Waals surface area contributed by atoms with Crippen LogP contribution in [0.25, 0.3) is 0 Å². The van der Waals surface area contributed by atoms with Crippen LogP contribution in [0, 0.1) is 0 Å². The summed E-state index contributed by atoms with van der Waals surface area (Å²) in [6.45, 7) is 0. The molecule has 0 radical (unpaired) electrons. The van der Waals surface area contributed by atoms with Gasteiger partial charge >= 0.3 is 0 Å². The van der Waals surface area contributed by atoms with Crippen molar-refractivity contribution in [3.63, 3.8) is 0 Å². The fourth-order valence-electron chi connectivity index (χ4n) is 3.11. The first-order chi connectivity index (χ1) is 10.8. The summed E-state index contributed by atoms with van der Waals surface area (Å²) < 4.78 is 7.08. The normalized spacial score (nSPS) is 25.1. The zero-order chi connectivity index (χ0) is 14.9. The molecule has 2 aromatic rings. The first-order valence-corrected chi connectivity index (χ1v) is 7.91. The Balaban J connectivity index is 1.31. The highest BCUT2D eigenvalue weighted by Gasteiger charge is 2.29. The van der Waals surface area contributed by atoms with E-state index in [-0.39, 0.29) is 11.9 Å². The van der Waals surface area contributed by atoms with Crippen molar-refractivity contribution in [1.29, 1.82) is 0 Å². The molecule has 0 aliphatic heterocycles. The molecule has 1 N–H and O–H groups in total. The first kappa shape index (κ1) is 13.5. The van der Waals surface area contributed by atoms with E-state index in [4.69, 9.17) is 4.52 Å². The smallest absolute Gasteiger partial charge is 0.290 e. The maximum atomic E-state index is 12.2. The number of nitrogens with zero attached hydrogens (tertiary/aromatic N) is 4. The Morgan fingerprint density at radius 1 is 1.23 bits per heavy atom. The predicted molar refractivity (Wildman–Crippen MR) is 77.3 cm³/mol. The lowest BCUT2D eigenvalue weighted by atomic mass is 9.91. The lowest BCUT2D eigenvalue weighted by Gasteiger charge is -2.28. The van der Waals surface area contributed by atoms with Crippen LogP contribution < -0.4 is 5.32 Å². The molecular weight excluding hydrogens is 282 g/mol. The molecule has 0 atom stereocenters. The van der Waals surface area contributed by atoms with Crippen molar-refractivity contribution >= 4 is 5.91 Å². The minimum atomic E-state index is -0.149. The van der Waals surface area contributed by atoms with Gasteiger partial charge in [0.1, 0.15) is 12.7 Å². The molecule has 116 valence electrons. The van der Waals surface area contributed by atoms with Crippen molar-refractivity contribution in [3.8, 4) is 0 Å². The van der Waals surface area contributed by atoms with Gasteiger partial charge in [0.15, 0.2) is 0 Å². The second-order valence-electron chi connectivity index (χ2n) is 6.24. The maximum absolute atomic E-state index is 12.2. The van der Waals surface area contributed by atoms with Crippen molar-refractivity contribution in [2.75, 3.05) is 0 Å². The highest BCUT2D eigenvalue weighted by Crippen LogP contribution is 2.39. The number of nitrogens with one attached hydrogen (secondary N) is 1. The van der Waals surface area contributed by atoms with Crippen LogP contribution in [0.4, 0.5) is 0 Å². The Kier molecular flexibility index (Phi) is 3.40. The molecule has 2 aromatic heterocycles. The average Bonchev–Trinajstić information content (AvgIpc) is 3.05. The van der Waals surface area contributed by atoms with E-state index in [0.717, 1.165) is 44.2 Å². The lowest BCUT2D eigenvalue weighted by Crippen LogP contribution is -2.37. The molecule has 0 spiro atoms. The number of carbonyl (C=O) groups is 1. The summed E-state index contributed by atoms with van der Waals surface area (Å²) in [5.41, 5.74) is 0.917. The molecule has 2 saturated carbocycles. The molecule has 2 aliphatic rings. The van der Waals surface area contributed by atoms with Gasteiger partial charge in [0.05, 0.1) is 11.7 Å². The third kappa shape index (κ3) is 2.75. The van der Waals surface area contributed by atoms with E-state index in [1.807, 2.05) is 4.68 Å². The molecule has 0 unspecified atom stereocenters. The van der Waals surface area contributed by atoms with Gasteiger partial charge in [-0.15, -0.1) is 0 Å². The quantitative estimate of drug-likeness (QED) is 0.934. The molecule has 1 amide bonds. The molecular formula is C15H19N5O2. The monoisotopic (exact) mass is 301 g/mol. The number of hydrogen-bond acceptors (Lipinski definition) is 5. The summed E-state index contributed by atoms with van der Waals surface area (Å²) in [6.07, 6.45) is 9.52. The van der Waals surface area contributed by atoms with Crippen LogP contribution in [0.15, 0.2) is 23.2 Å². The molecule has 7 nitrogen and oxygen atoms in total. The molecule has 0 bridgehead atoms. The van der Waals surface area contributed by atoms with Gasteiger partial charge in [-0.25, -0.2) is 9.67 Å². The van der Waals surface area contributed by atoms with Gasteiger partial charge in [-0.05, 0) is 38.5 Å². The van der Waals surface area contributed by atoms with Crippen molar-refractivity contribution in [2.24, 2.45) is 0 Å². The predicted octanol–water partition coefficient (Wildman–Crippen LogP) is 2.06. The molecule has 2 aliphatic carbocycles. The standard InChI is InChI=1S/C15H19N5O2/c21-15(14-7-13(19-22-14)10-1-2-10)18-11-3-5-12(6-4-11)20-9-16-8-17-20/h7-12H,1-6H2,(H,18,21). The lowest BCUT2D eigenvalue weighted by molar-refractivity contribution is 0.0884. The van der Waals surface area contributed by atoms with E-state index in [0.29, 0.717) is 17.7 Å². The summed E-state index contributed by atoms with van der Waals surface area (Å²) in [7, 11) is 0. The van der Waals surface area contributed by atoms with Crippen LogP contribution in [-0.2, 0) is 0 Å². The van der Waals surface area contributed by atoms with E-state index >= 15 is 0 Å². The Hall–Kier alpha value is -2.18. The first-order valence-electron chi connectivity index (χ1n) is 7.91. The van der Waals surface area contributed by atoms with Gasteiger partial charge < -0.3 is 9.84 Å². The van der Waals surface area contributed by atoms with Crippen molar-refractivity contribution in [2.45, 2.75) is 56.5 Å². The highest BCUT2D eigenvalue weighted by molar-refractivity contribution is 5.91. The number of amides is 1. The number of carbonyl (C=O) groups excluding carboxylic acids is 1. The van der Waals surface area contributed by atoms with Gasteiger partial charge in [0.25, 0.3) is 5.91 Å². The van der Waals surface area contributed by atoms with Crippen LogP contribution in [0.5, 0.6) is 0 Å². The average molecular weight is 301 g/mol. The molecule has 2 fully saturated rings. The minimum absolute atomic E-state index is 0.149. The van der Waals surface area contributed by atoms with Crippen molar-refractivity contribution in [3.05, 3.63) is 30.2 Å². The summed E-state index contributed by atoms with van der Waals surface area (Å²) in [5, 5.41) is 11.2. The Morgan fingerprint density at radius 2 is 2.05 bits per heavy atom. The second kappa shape index (κ2) is 5.55. The third-order valence-corrected chi connectivity index (χ3v) is 4.59. The molecule has 22 heavy (non-hydrogen) atoms. The second-order valence-corrected chi connectivity index (χ2v) is 6.24. The maximum Gasteiger partial charge on any atom is 0.290 e. The molecule has 2 heterocycles. The van der Waals surface area contributed by atoms with Gasteiger partial charge in [0.2, 0.25) is 5.76 Å². The number of hydrogen-bond donors (Lipinski definition) is 1. The molecule has 7 heteroatoms. The highest BCUT2D eigenvalue weighted by atomic mass is 16.5. The van der Waals surface area contributed by atoms with Crippen molar-refractivity contribution < 1.29 is 9.32 Å². The van der Waals surface area contributed by atoms with E-state index in [1.165, 1.54) is 0 Å². The van der Waals surface area contributed by atoms with Gasteiger partial charge in [-0.1, -0.05) is 5.16 Å². The molecule has 0 saturated heterocycles. The van der Waals surface area contributed by atoms with Crippen LogP contribution in [0.1, 0.15) is 66.7 Å². The number of aromatic nitrogens is 4. The van der Waals surface area contributed by atoms with E-state index in [1.54, 1.807) is 18.7 Å². The van der Waals surface area contributed by atoms with Gasteiger partial charge in [-0.3, -0.25) is 4.79 Å². The minimum Gasteiger partial charge on any atom is -0.351 e. The van der Waals surface area contributed by atoms with E-state index in [9.17, 15) is 4.79 Å². The van der Waals surface area contributed by atoms with Crippen molar-refractivity contribution in [1.82, 2.24) is 25.2 Å². The fourth-order valence-corrected chi connectivity index (χ4v) is 3.11. The fraction of sp³-hybridized carbons (Fsp3) is 0.600. The van der Waals surface area contributed by atoms with Crippen LogP contribution >= 0.6 is 0 Å². The van der Waals surface area contributed by atoms with E-state index in [2.05, 4.69) is 20.6 Å².